The summed E-state index contributed by atoms with van der Waals surface area (Å²) < 4.78 is 81.9. The minimum Gasteiger partial charge on any atom is -0.480 e. The number of halogens is 4. The van der Waals surface area contributed by atoms with Gasteiger partial charge in [-0.3, -0.25) is 24.4 Å². The van der Waals surface area contributed by atoms with E-state index in [0.717, 1.165) is 84.2 Å². The molecule has 3 N–H and O–H groups in total. The van der Waals surface area contributed by atoms with Crippen LogP contribution in [0.15, 0.2) is 171 Å². The third kappa shape index (κ3) is 12.4. The van der Waals surface area contributed by atoms with E-state index in [1.807, 2.05) is 113 Å². The molecule has 504 valence electrons. The Morgan fingerprint density at radius 2 is 0.735 bits per heavy atom. The van der Waals surface area contributed by atoms with E-state index in [1.54, 1.807) is 75.6 Å². The Hall–Kier alpha value is -10.5. The van der Waals surface area contributed by atoms with E-state index in [4.69, 9.17) is 23.0 Å². The van der Waals surface area contributed by atoms with Gasteiger partial charge < -0.3 is 28.1 Å². The number of hydrogen-bond acceptors (Lipinski definition) is 13. The number of aliphatic carboxylic acids is 1. The van der Waals surface area contributed by atoms with Gasteiger partial charge >= 0.3 is 17.9 Å². The molecule has 19 heteroatoms. The molecule has 0 aliphatic heterocycles. The molecule has 0 spiro atoms. The summed E-state index contributed by atoms with van der Waals surface area (Å²) in [5, 5.41) is 34.0. The lowest BCUT2D eigenvalue weighted by Gasteiger charge is -2.27. The van der Waals surface area contributed by atoms with E-state index < -0.39 is 33.5 Å². The van der Waals surface area contributed by atoms with Crippen LogP contribution in [0.4, 0.5) is 17.6 Å². The fraction of sp³-hybridized carbons (Fsp3) is 0.278. The second-order valence-electron chi connectivity index (χ2n) is 25.7. The predicted octanol–water partition coefficient (Wildman–Crippen LogP) is 17.1. The van der Waals surface area contributed by atoms with Crippen molar-refractivity contribution in [3.63, 3.8) is 0 Å². The number of carbonyl (C=O) groups excluding carboxylic acids is 3. The van der Waals surface area contributed by atoms with Crippen molar-refractivity contribution < 1.29 is 70.1 Å². The van der Waals surface area contributed by atoms with Crippen LogP contribution in [-0.4, -0.2) is 63.8 Å². The van der Waals surface area contributed by atoms with Crippen LogP contribution in [0.3, 0.4) is 0 Å². The number of carboxylic acid groups (broad SMARTS) is 1. The van der Waals surface area contributed by atoms with Gasteiger partial charge in [0.05, 0.1) is 36.7 Å². The Morgan fingerprint density at radius 3 is 1.07 bits per heavy atom. The maximum absolute atomic E-state index is 14.2. The first kappa shape index (κ1) is 68.8. The van der Waals surface area contributed by atoms with Crippen LogP contribution in [0.1, 0.15) is 137 Å². The molecule has 14 rings (SSSR count). The molecule has 7 aromatic carbocycles. The summed E-state index contributed by atoms with van der Waals surface area (Å²) in [6.07, 6.45) is 12.3. The molecule has 0 radical (unpaired) electrons. The molecule has 0 unspecified atom stereocenters. The summed E-state index contributed by atoms with van der Waals surface area (Å²) in [5.74, 6) is -3.56. The Balaban J connectivity index is 0.000000134. The molecule has 15 nitrogen and oxygen atoms in total. The van der Waals surface area contributed by atoms with Gasteiger partial charge in [0, 0.05) is 16.2 Å². The highest BCUT2D eigenvalue weighted by Gasteiger charge is 2.48. The van der Waals surface area contributed by atoms with Crippen LogP contribution >= 0.6 is 0 Å². The van der Waals surface area contributed by atoms with Crippen molar-refractivity contribution in [3.05, 3.63) is 259 Å². The summed E-state index contributed by atoms with van der Waals surface area (Å²) in [6, 6.07) is 36.4. The van der Waals surface area contributed by atoms with Crippen molar-refractivity contribution in [2.45, 2.75) is 128 Å². The van der Waals surface area contributed by atoms with Gasteiger partial charge in [-0.25, -0.2) is 23.0 Å². The Kier molecular flexibility index (Phi) is 19.3. The van der Waals surface area contributed by atoms with E-state index in [9.17, 15) is 47.1 Å². The Labute approximate surface area is 563 Å². The van der Waals surface area contributed by atoms with Crippen molar-refractivity contribution in [3.8, 4) is 0 Å². The van der Waals surface area contributed by atoms with Crippen molar-refractivity contribution in [2.24, 2.45) is 0 Å². The molecule has 0 bridgehead atoms. The molecule has 0 saturated carbocycles. The molecule has 0 fully saturated rings. The summed E-state index contributed by atoms with van der Waals surface area (Å²) in [7, 11) is 2.75. The molecule has 4 aliphatic carbocycles. The van der Waals surface area contributed by atoms with Crippen LogP contribution in [-0.2, 0) is 50.3 Å². The minimum absolute atomic E-state index is 0.284. The molecular formula is C79H74F4N4O11. The van der Waals surface area contributed by atoms with Crippen molar-refractivity contribution >= 4 is 73.4 Å². The van der Waals surface area contributed by atoms with Gasteiger partial charge in [0.15, 0.2) is 16.7 Å². The average Bonchev–Trinajstić information content (AvgIpc) is 1.58. The number of allylic oxidation sites excluding steroid dienone is 4. The van der Waals surface area contributed by atoms with Crippen molar-refractivity contribution in [1.29, 1.82) is 0 Å². The van der Waals surface area contributed by atoms with Crippen LogP contribution in [0.2, 0.25) is 0 Å². The number of methoxy groups -OCH3 is 2. The lowest BCUT2D eigenvalue weighted by Crippen LogP contribution is -2.41. The SMILES string of the molecule is COC(=O)[C@]1(c2cccc(F)c2C)C=C(C)CC1.COC(=O)[C@]1(c2cccc(F)c2C)C=C(c2ccc3onc(C)c3c2)CC1.Cc1c(F)cccc1[C@@]1(C(=O)NO)C=C(c2ccc3onc(C)c3c2)CC1.Cc1c(F)cccc1[C@@]1(C(=O)O)C=C(c2ccc3onc(C)c3c2)CC1. The lowest BCUT2D eigenvalue weighted by atomic mass is 9.77. The number of benzene rings is 7. The van der Waals surface area contributed by atoms with Crippen LogP contribution in [0, 0.1) is 71.7 Å². The number of nitrogens with one attached hydrogen (secondary N) is 1. The predicted molar refractivity (Wildman–Crippen MR) is 364 cm³/mol. The first-order valence-electron chi connectivity index (χ1n) is 32.2. The number of hydroxylamine groups is 1. The second-order valence-corrected chi connectivity index (χ2v) is 25.7. The molecular weight excluding hydrogens is 1260 g/mol. The maximum Gasteiger partial charge on any atom is 0.320 e. The zero-order valence-electron chi connectivity index (χ0n) is 56.0. The number of fused-ring (bicyclic) bond motifs is 3. The zero-order valence-corrected chi connectivity index (χ0v) is 56.0. The smallest absolute Gasteiger partial charge is 0.320 e. The number of aromatic nitrogens is 3. The highest BCUT2D eigenvalue weighted by atomic mass is 19.1. The second kappa shape index (κ2) is 27.5. The van der Waals surface area contributed by atoms with Gasteiger partial charge in [-0.1, -0.05) is 112 Å². The Bertz CT molecular complexity index is 4790. The first-order valence-corrected chi connectivity index (χ1v) is 32.2. The van der Waals surface area contributed by atoms with Gasteiger partial charge in [0.2, 0.25) is 0 Å². The quantitative estimate of drug-likeness (QED) is 0.0361. The van der Waals surface area contributed by atoms with Crippen molar-refractivity contribution in [2.75, 3.05) is 14.2 Å². The molecule has 4 atom stereocenters. The van der Waals surface area contributed by atoms with Crippen LogP contribution in [0.25, 0.3) is 49.6 Å². The number of rotatable bonds is 11. The van der Waals surface area contributed by atoms with E-state index in [-0.39, 0.29) is 35.2 Å². The third-order valence-electron chi connectivity index (χ3n) is 20.1. The van der Waals surface area contributed by atoms with E-state index >= 15 is 0 Å². The zero-order chi connectivity index (χ0) is 70.2. The highest BCUT2D eigenvalue weighted by Crippen LogP contribution is 2.49. The fourth-order valence-corrected chi connectivity index (χ4v) is 14.5. The van der Waals surface area contributed by atoms with Gasteiger partial charge in [-0.15, -0.1) is 0 Å². The fourth-order valence-electron chi connectivity index (χ4n) is 14.5. The first-order chi connectivity index (χ1) is 46.8. The number of hydrogen-bond donors (Lipinski definition) is 3. The monoisotopic (exact) mass is 1330 g/mol. The van der Waals surface area contributed by atoms with Crippen molar-refractivity contribution in [1.82, 2.24) is 21.0 Å². The molecule has 3 heterocycles. The summed E-state index contributed by atoms with van der Waals surface area (Å²) in [4.78, 5) is 49.8. The van der Waals surface area contributed by atoms with E-state index in [2.05, 4.69) is 15.5 Å². The summed E-state index contributed by atoms with van der Waals surface area (Å²) in [5.41, 5.74) is 13.4. The topological polar surface area (TPSA) is 217 Å². The number of carbonyl (C=O) groups is 4. The third-order valence-corrected chi connectivity index (χ3v) is 20.1. The van der Waals surface area contributed by atoms with Gasteiger partial charge in [0.25, 0.3) is 5.91 Å². The average molecular weight is 1330 g/mol. The Morgan fingerprint density at radius 1 is 0.429 bits per heavy atom. The van der Waals surface area contributed by atoms with E-state index in [1.165, 1.54) is 38.5 Å². The van der Waals surface area contributed by atoms with Crippen LogP contribution in [0.5, 0.6) is 0 Å². The van der Waals surface area contributed by atoms with Crippen LogP contribution < -0.4 is 5.48 Å². The molecule has 0 saturated heterocycles. The molecule has 4 aliphatic rings. The lowest BCUT2D eigenvalue weighted by molar-refractivity contribution is -0.146. The summed E-state index contributed by atoms with van der Waals surface area (Å²) >= 11 is 0. The normalized spacial score (nSPS) is 20.1. The largest absolute Gasteiger partial charge is 0.480 e. The number of aryl methyl sites for hydroxylation is 3. The number of amides is 1. The summed E-state index contributed by atoms with van der Waals surface area (Å²) in [6.45, 7) is 14.3. The molecule has 10 aromatic rings. The maximum atomic E-state index is 14.2. The standard InChI is InChI=1S/C22H20FNO3.C21H19FN2O3.C21H18FNO3.C15H17FO2/c1-13-18(5-4-6-19(13)23)22(21(25)26-3)10-9-16(12-22)15-7-8-20-17(11-15)14(2)24-27-20;1-12-17(4-3-5-18(12)22)21(20(25)23-26)9-8-15(11-21)14-6-7-19-16(10-14)13(2)24-27-19;1-12-17(4-3-5-18(12)22)21(20(24)25)9-8-15(11-21)14-6-7-19-16(10-14)13(2)23-26-19;1-10-7-8-15(9-10,14(17)18-3)12-5-4-6-13(16)11(12)2/h4-8,11-12H,9-10H2,1-3H3;3-7,10-11,26H,8-9H2,1-2H3,(H,23,25);3-7,10-11H,8-9H2,1-2H3,(H,24,25);4-6,9H,7-8H2,1-3H3/t22-;2*21-;15-/m0000/s1. The minimum atomic E-state index is -1.21. The van der Waals surface area contributed by atoms with Gasteiger partial charge in [-0.05, 0) is 245 Å². The van der Waals surface area contributed by atoms with Gasteiger partial charge in [-0.2, -0.15) is 0 Å². The number of carboxylic acids is 1. The molecule has 1 amide bonds. The number of ether oxygens (including phenoxy) is 2. The molecule has 98 heavy (non-hydrogen) atoms. The molecule has 3 aromatic heterocycles. The highest BCUT2D eigenvalue weighted by molar-refractivity contribution is 5.97. The number of nitrogens with zero attached hydrogens (tertiary/aromatic N) is 3. The van der Waals surface area contributed by atoms with E-state index in [0.29, 0.717) is 101 Å². The number of esters is 2. The van der Waals surface area contributed by atoms with Gasteiger partial charge in [0.1, 0.15) is 39.5 Å².